The molecule has 2 aromatic rings. The van der Waals surface area contributed by atoms with Crippen LogP contribution in [0.25, 0.3) is 5.82 Å². The maximum Gasteiger partial charge on any atom is 0.254 e. The van der Waals surface area contributed by atoms with Crippen molar-refractivity contribution in [1.29, 1.82) is 0 Å². The molecule has 0 aromatic carbocycles. The van der Waals surface area contributed by atoms with Gasteiger partial charge in [-0.25, -0.2) is 9.69 Å². The summed E-state index contributed by atoms with van der Waals surface area (Å²) in [4.78, 5) is 8.39. The van der Waals surface area contributed by atoms with E-state index in [9.17, 15) is 0 Å². The molecule has 2 aromatic heterocycles. The molecule has 0 radical (unpaired) electrons. The van der Waals surface area contributed by atoms with Gasteiger partial charge in [0, 0.05) is 25.3 Å². The topological polar surface area (TPSA) is 85.2 Å². The standard InChI is InChI=1S/C10H10BrN7/c1-3-17(13-2)10-15-8(12)7(11)9(16-10)18-6-4-5-14-18/h3-6H,1-2H2,(H2,12,15,16). The minimum absolute atomic E-state index is 0.270. The number of hydrogen-bond acceptors (Lipinski definition) is 6. The Morgan fingerprint density at radius 1 is 1.50 bits per heavy atom. The maximum absolute atomic E-state index is 5.81. The summed E-state index contributed by atoms with van der Waals surface area (Å²) < 4.78 is 2.12. The van der Waals surface area contributed by atoms with E-state index in [0.29, 0.717) is 10.3 Å². The van der Waals surface area contributed by atoms with E-state index >= 15 is 0 Å². The van der Waals surface area contributed by atoms with Crippen molar-refractivity contribution in [2.24, 2.45) is 5.10 Å². The van der Waals surface area contributed by atoms with Crippen LogP contribution in [0, 0.1) is 0 Å². The molecule has 0 amide bonds. The van der Waals surface area contributed by atoms with Crippen LogP contribution in [-0.2, 0) is 0 Å². The minimum Gasteiger partial charge on any atom is -0.383 e. The first-order chi connectivity index (χ1) is 8.67. The lowest BCUT2D eigenvalue weighted by Crippen LogP contribution is -2.14. The molecule has 0 atom stereocenters. The molecule has 0 unspecified atom stereocenters. The molecule has 0 aliphatic heterocycles. The molecule has 2 heterocycles. The molecule has 0 saturated carbocycles. The highest BCUT2D eigenvalue weighted by atomic mass is 79.9. The summed E-state index contributed by atoms with van der Waals surface area (Å²) in [5, 5.41) is 9.12. The van der Waals surface area contributed by atoms with Gasteiger partial charge in [0.05, 0.1) is 0 Å². The van der Waals surface area contributed by atoms with E-state index in [2.05, 4.69) is 49.4 Å². The number of aromatic nitrogens is 4. The fraction of sp³-hybridized carbons (Fsp3) is 0. The third-order valence-corrected chi connectivity index (χ3v) is 2.86. The van der Waals surface area contributed by atoms with Gasteiger partial charge in [-0.05, 0) is 22.0 Å². The van der Waals surface area contributed by atoms with E-state index in [0.717, 1.165) is 0 Å². The van der Waals surface area contributed by atoms with Gasteiger partial charge in [0.15, 0.2) is 5.82 Å². The van der Waals surface area contributed by atoms with Crippen LogP contribution in [0.15, 0.2) is 40.8 Å². The molecule has 0 fully saturated rings. The highest BCUT2D eigenvalue weighted by Gasteiger charge is 2.14. The number of anilines is 2. The van der Waals surface area contributed by atoms with E-state index in [1.54, 1.807) is 23.1 Å². The summed E-state index contributed by atoms with van der Waals surface area (Å²) in [6.07, 6.45) is 4.82. The molecule has 18 heavy (non-hydrogen) atoms. The van der Waals surface area contributed by atoms with Crippen LogP contribution in [0.1, 0.15) is 0 Å². The Bertz CT molecular complexity index is 570. The summed E-state index contributed by atoms with van der Waals surface area (Å²) in [6, 6.07) is 1.78. The Morgan fingerprint density at radius 2 is 2.28 bits per heavy atom. The van der Waals surface area contributed by atoms with Gasteiger partial charge in [0.2, 0.25) is 0 Å². The fourth-order valence-electron chi connectivity index (χ4n) is 1.29. The summed E-state index contributed by atoms with van der Waals surface area (Å²) >= 11 is 3.33. The van der Waals surface area contributed by atoms with Crippen LogP contribution in [0.4, 0.5) is 11.8 Å². The summed E-state index contributed by atoms with van der Waals surface area (Å²) in [5.41, 5.74) is 5.81. The lowest BCUT2D eigenvalue weighted by molar-refractivity contribution is 0.826. The first kappa shape index (κ1) is 12.2. The van der Waals surface area contributed by atoms with Crippen molar-refractivity contribution >= 4 is 34.4 Å². The minimum atomic E-state index is 0.270. The van der Waals surface area contributed by atoms with Crippen molar-refractivity contribution < 1.29 is 0 Å². The Hall–Kier alpha value is -2.22. The van der Waals surface area contributed by atoms with E-state index in [-0.39, 0.29) is 11.8 Å². The number of nitrogens with zero attached hydrogens (tertiary/aromatic N) is 6. The van der Waals surface area contributed by atoms with Gasteiger partial charge in [-0.2, -0.15) is 20.2 Å². The summed E-state index contributed by atoms with van der Waals surface area (Å²) in [5.74, 6) is 1.06. The van der Waals surface area contributed by atoms with Gasteiger partial charge in [-0.1, -0.05) is 6.58 Å². The molecule has 0 aliphatic rings. The van der Waals surface area contributed by atoms with Gasteiger partial charge in [0.1, 0.15) is 10.3 Å². The lowest BCUT2D eigenvalue weighted by Gasteiger charge is -2.13. The van der Waals surface area contributed by atoms with Gasteiger partial charge in [0.25, 0.3) is 5.95 Å². The average Bonchev–Trinajstić information content (AvgIpc) is 2.88. The number of hydrazone groups is 1. The van der Waals surface area contributed by atoms with Crippen molar-refractivity contribution in [3.05, 3.63) is 35.7 Å². The van der Waals surface area contributed by atoms with Gasteiger partial charge in [-0.3, -0.25) is 0 Å². The number of nitrogen functional groups attached to an aromatic ring is 1. The smallest absolute Gasteiger partial charge is 0.254 e. The first-order valence-corrected chi connectivity index (χ1v) is 5.68. The number of hydrogen-bond donors (Lipinski definition) is 1. The number of nitrogens with two attached hydrogens (primary N) is 1. The van der Waals surface area contributed by atoms with E-state index in [4.69, 9.17) is 5.73 Å². The Kier molecular flexibility index (Phi) is 3.38. The van der Waals surface area contributed by atoms with Crippen molar-refractivity contribution in [1.82, 2.24) is 19.7 Å². The lowest BCUT2D eigenvalue weighted by atomic mass is 10.5. The zero-order chi connectivity index (χ0) is 13.1. The molecule has 0 saturated heterocycles. The molecule has 8 heteroatoms. The van der Waals surface area contributed by atoms with Crippen molar-refractivity contribution in [3.8, 4) is 5.82 Å². The highest BCUT2D eigenvalue weighted by Crippen LogP contribution is 2.26. The third-order valence-electron chi connectivity index (χ3n) is 2.10. The average molecular weight is 308 g/mol. The molecular formula is C10H10BrN7. The van der Waals surface area contributed by atoms with Crippen molar-refractivity contribution in [2.45, 2.75) is 0 Å². The summed E-state index contributed by atoms with van der Waals surface area (Å²) in [6.45, 7) is 6.99. The quantitative estimate of drug-likeness (QED) is 0.684. The highest BCUT2D eigenvalue weighted by molar-refractivity contribution is 9.10. The van der Waals surface area contributed by atoms with Crippen LogP contribution in [0.2, 0.25) is 0 Å². The normalized spacial score (nSPS) is 10.1. The largest absolute Gasteiger partial charge is 0.383 e. The van der Waals surface area contributed by atoms with Crippen LogP contribution < -0.4 is 10.7 Å². The molecule has 2 rings (SSSR count). The van der Waals surface area contributed by atoms with E-state index < -0.39 is 0 Å². The zero-order valence-corrected chi connectivity index (χ0v) is 10.9. The second-order valence-electron chi connectivity index (χ2n) is 3.17. The SMILES string of the molecule is C=CN(N=C)c1nc(N)c(Br)c(-n2cccn2)n1. The van der Waals surface area contributed by atoms with Gasteiger partial charge < -0.3 is 5.73 Å². The third kappa shape index (κ3) is 2.09. The van der Waals surface area contributed by atoms with Gasteiger partial charge >= 0.3 is 0 Å². The number of halogens is 1. The van der Waals surface area contributed by atoms with E-state index in [1.807, 2.05) is 0 Å². The zero-order valence-electron chi connectivity index (χ0n) is 9.36. The predicted molar refractivity (Wildman–Crippen MR) is 73.5 cm³/mol. The molecule has 0 bridgehead atoms. The predicted octanol–water partition coefficient (Wildman–Crippen LogP) is 1.57. The Balaban J connectivity index is 2.60. The number of rotatable bonds is 4. The fourth-order valence-corrected chi connectivity index (χ4v) is 1.65. The van der Waals surface area contributed by atoms with Crippen LogP contribution in [0.5, 0.6) is 0 Å². The van der Waals surface area contributed by atoms with Gasteiger partial charge in [-0.15, -0.1) is 0 Å². The Morgan fingerprint density at radius 3 is 2.83 bits per heavy atom. The Labute approximate surface area is 112 Å². The van der Waals surface area contributed by atoms with Crippen LogP contribution in [0.3, 0.4) is 0 Å². The van der Waals surface area contributed by atoms with Crippen molar-refractivity contribution in [2.75, 3.05) is 10.7 Å². The van der Waals surface area contributed by atoms with E-state index in [1.165, 1.54) is 11.2 Å². The molecule has 0 aliphatic carbocycles. The monoisotopic (exact) mass is 307 g/mol. The summed E-state index contributed by atoms with van der Waals surface area (Å²) in [7, 11) is 0. The first-order valence-electron chi connectivity index (χ1n) is 4.89. The van der Waals surface area contributed by atoms with Crippen LogP contribution in [-0.4, -0.2) is 26.5 Å². The maximum atomic E-state index is 5.81. The molecule has 0 spiro atoms. The second-order valence-corrected chi connectivity index (χ2v) is 3.96. The molecule has 7 nitrogen and oxygen atoms in total. The molecular weight excluding hydrogens is 298 g/mol. The second kappa shape index (κ2) is 4.96. The molecule has 92 valence electrons. The molecule has 2 N–H and O–H groups in total. The van der Waals surface area contributed by atoms with Crippen molar-refractivity contribution in [3.63, 3.8) is 0 Å². The van der Waals surface area contributed by atoms with Crippen LogP contribution >= 0.6 is 15.9 Å².